The molecule has 1 amide bonds. The van der Waals surface area contributed by atoms with E-state index in [0.717, 1.165) is 38.9 Å². The molecule has 144 valence electrons. The van der Waals surface area contributed by atoms with E-state index in [1.165, 1.54) is 11.3 Å². The summed E-state index contributed by atoms with van der Waals surface area (Å²) in [6.45, 7) is 5.54. The zero-order valence-electron chi connectivity index (χ0n) is 16.1. The fourth-order valence-electron chi connectivity index (χ4n) is 4.20. The molecule has 1 fully saturated rings. The van der Waals surface area contributed by atoms with E-state index < -0.39 is 0 Å². The first kappa shape index (κ1) is 18.0. The van der Waals surface area contributed by atoms with E-state index in [1.54, 1.807) is 0 Å². The van der Waals surface area contributed by atoms with Crippen molar-refractivity contribution in [1.82, 2.24) is 25.2 Å². The van der Waals surface area contributed by atoms with Gasteiger partial charge in [0.1, 0.15) is 0 Å². The quantitative estimate of drug-likeness (QED) is 0.898. The van der Waals surface area contributed by atoms with Crippen LogP contribution in [0.4, 0.5) is 5.69 Å². The molecule has 7 nitrogen and oxygen atoms in total. The summed E-state index contributed by atoms with van der Waals surface area (Å²) in [7, 11) is 2.10. The number of rotatable bonds is 3. The second-order valence-electron chi connectivity index (χ2n) is 7.57. The predicted molar refractivity (Wildman–Crippen MR) is 105 cm³/mol. The molecule has 0 saturated carbocycles. The van der Waals surface area contributed by atoms with Gasteiger partial charge in [-0.25, -0.2) is 4.68 Å². The summed E-state index contributed by atoms with van der Waals surface area (Å²) >= 11 is 0. The fraction of sp³-hybridized carbons (Fsp3) is 0.550. The van der Waals surface area contributed by atoms with Gasteiger partial charge in [-0.15, -0.1) is 5.10 Å². The number of piperidine rings is 1. The highest BCUT2D eigenvalue weighted by Crippen LogP contribution is 2.28. The van der Waals surface area contributed by atoms with E-state index >= 15 is 0 Å². The van der Waals surface area contributed by atoms with Gasteiger partial charge in [-0.1, -0.05) is 30.3 Å². The molecule has 7 heteroatoms. The second-order valence-corrected chi connectivity index (χ2v) is 7.57. The lowest BCUT2D eigenvalue weighted by atomic mass is 10.1. The van der Waals surface area contributed by atoms with Crippen LogP contribution in [0.3, 0.4) is 0 Å². The minimum atomic E-state index is -0.0212. The number of benzene rings is 1. The average molecular weight is 368 g/mol. The van der Waals surface area contributed by atoms with Crippen molar-refractivity contribution in [3.8, 4) is 0 Å². The van der Waals surface area contributed by atoms with Gasteiger partial charge in [-0.2, -0.15) is 0 Å². The lowest BCUT2D eigenvalue weighted by molar-refractivity contribution is 0.0661. The molecule has 1 atom stereocenters. The number of carbonyl (C=O) groups excluding carboxylic acids is 1. The Balaban J connectivity index is 1.59. The smallest absolute Gasteiger partial charge is 0.276 e. The standard InChI is InChI=1S/C20H28N6O/c1-3-16-13-24(2)19-7-5-4-6-15(19)12-25(16)20(27)18-14-26(23-22-18)17-8-10-21-11-9-17/h4-7,14,16-17,21H,3,8-13H2,1-2H3/t16-/m0/s1. The third-order valence-electron chi connectivity index (χ3n) is 5.81. The second kappa shape index (κ2) is 7.68. The minimum Gasteiger partial charge on any atom is -0.372 e. The fourth-order valence-corrected chi connectivity index (χ4v) is 4.20. The topological polar surface area (TPSA) is 66.3 Å². The van der Waals surface area contributed by atoms with Crippen LogP contribution >= 0.6 is 0 Å². The molecule has 0 bridgehead atoms. The van der Waals surface area contributed by atoms with Crippen molar-refractivity contribution in [2.45, 2.75) is 44.8 Å². The highest BCUT2D eigenvalue weighted by molar-refractivity contribution is 5.92. The first-order valence-corrected chi connectivity index (χ1v) is 9.90. The lowest BCUT2D eigenvalue weighted by Crippen LogP contribution is -2.43. The molecule has 3 heterocycles. The molecule has 0 radical (unpaired) electrons. The van der Waals surface area contributed by atoms with E-state index in [0.29, 0.717) is 18.3 Å². The van der Waals surface area contributed by atoms with Crippen molar-refractivity contribution >= 4 is 11.6 Å². The number of nitrogens with one attached hydrogen (secondary N) is 1. The maximum absolute atomic E-state index is 13.3. The van der Waals surface area contributed by atoms with Gasteiger partial charge in [-0.05, 0) is 44.0 Å². The van der Waals surface area contributed by atoms with Crippen molar-refractivity contribution in [3.63, 3.8) is 0 Å². The molecule has 4 rings (SSSR count). The first-order valence-electron chi connectivity index (χ1n) is 9.90. The number of hydrogen-bond acceptors (Lipinski definition) is 5. The van der Waals surface area contributed by atoms with Gasteiger partial charge in [0.25, 0.3) is 5.91 Å². The van der Waals surface area contributed by atoms with Crippen LogP contribution in [0.15, 0.2) is 30.5 Å². The van der Waals surface area contributed by atoms with Gasteiger partial charge >= 0.3 is 0 Å². The monoisotopic (exact) mass is 368 g/mol. The van der Waals surface area contributed by atoms with Crippen molar-refractivity contribution in [2.75, 3.05) is 31.6 Å². The third kappa shape index (κ3) is 3.56. The molecule has 2 aliphatic heterocycles. The van der Waals surface area contributed by atoms with Crippen LogP contribution < -0.4 is 10.2 Å². The van der Waals surface area contributed by atoms with Gasteiger partial charge in [0, 0.05) is 31.9 Å². The Hall–Kier alpha value is -2.41. The molecule has 0 unspecified atom stereocenters. The molecule has 1 aromatic carbocycles. The molecule has 1 saturated heterocycles. The molecule has 2 aliphatic rings. The lowest BCUT2D eigenvalue weighted by Gasteiger charge is -2.30. The zero-order valence-corrected chi connectivity index (χ0v) is 16.1. The first-order chi connectivity index (χ1) is 13.2. The molecule has 1 aromatic heterocycles. The Morgan fingerprint density at radius 2 is 2.04 bits per heavy atom. The summed E-state index contributed by atoms with van der Waals surface area (Å²) in [4.78, 5) is 17.5. The number of amides is 1. The van der Waals surface area contributed by atoms with Crippen LogP contribution in [0.1, 0.15) is 48.3 Å². The van der Waals surface area contributed by atoms with Gasteiger partial charge in [-0.3, -0.25) is 4.79 Å². The van der Waals surface area contributed by atoms with Crippen molar-refractivity contribution in [3.05, 3.63) is 41.7 Å². The number of fused-ring (bicyclic) bond motifs is 1. The molecule has 0 aliphatic carbocycles. The van der Waals surface area contributed by atoms with Crippen molar-refractivity contribution in [1.29, 1.82) is 0 Å². The molecular weight excluding hydrogens is 340 g/mol. The highest BCUT2D eigenvalue weighted by atomic mass is 16.2. The summed E-state index contributed by atoms with van der Waals surface area (Å²) in [6.07, 6.45) is 4.80. The van der Waals surface area contributed by atoms with E-state index in [1.807, 2.05) is 21.8 Å². The zero-order chi connectivity index (χ0) is 18.8. The van der Waals surface area contributed by atoms with E-state index in [-0.39, 0.29) is 11.9 Å². The van der Waals surface area contributed by atoms with Gasteiger partial charge in [0.2, 0.25) is 0 Å². The largest absolute Gasteiger partial charge is 0.372 e. The summed E-state index contributed by atoms with van der Waals surface area (Å²) < 4.78 is 1.88. The highest BCUT2D eigenvalue weighted by Gasteiger charge is 2.31. The van der Waals surface area contributed by atoms with Gasteiger partial charge < -0.3 is 15.1 Å². The van der Waals surface area contributed by atoms with Crippen LogP contribution in [-0.2, 0) is 6.54 Å². The SMILES string of the molecule is CC[C@H]1CN(C)c2ccccc2CN1C(=O)c1cn(C2CCNCC2)nn1. The van der Waals surface area contributed by atoms with Crippen LogP contribution in [-0.4, -0.2) is 58.5 Å². The summed E-state index contributed by atoms with van der Waals surface area (Å²) in [5.74, 6) is -0.0212. The number of anilines is 1. The Morgan fingerprint density at radius 1 is 1.26 bits per heavy atom. The Kier molecular flexibility index (Phi) is 5.11. The predicted octanol–water partition coefficient (Wildman–Crippen LogP) is 2.07. The van der Waals surface area contributed by atoms with Gasteiger partial charge in [0.15, 0.2) is 5.69 Å². The van der Waals surface area contributed by atoms with Crippen molar-refractivity contribution < 1.29 is 4.79 Å². The number of aromatic nitrogens is 3. The van der Waals surface area contributed by atoms with Crippen molar-refractivity contribution in [2.24, 2.45) is 0 Å². The molecule has 1 N–H and O–H groups in total. The number of hydrogen-bond donors (Lipinski definition) is 1. The van der Waals surface area contributed by atoms with Crippen LogP contribution in [0.5, 0.6) is 0 Å². The Morgan fingerprint density at radius 3 is 2.81 bits per heavy atom. The van der Waals surface area contributed by atoms with E-state index in [9.17, 15) is 4.79 Å². The molecule has 27 heavy (non-hydrogen) atoms. The molecule has 2 aromatic rings. The normalized spacial score (nSPS) is 21.0. The Bertz CT molecular complexity index is 797. The Labute approximate surface area is 160 Å². The summed E-state index contributed by atoms with van der Waals surface area (Å²) in [5.41, 5.74) is 2.83. The summed E-state index contributed by atoms with van der Waals surface area (Å²) in [6, 6.07) is 8.81. The molecule has 0 spiro atoms. The van der Waals surface area contributed by atoms with Crippen LogP contribution in [0.25, 0.3) is 0 Å². The minimum absolute atomic E-state index is 0.0212. The number of carbonyl (C=O) groups is 1. The van der Waals surface area contributed by atoms with E-state index in [4.69, 9.17) is 0 Å². The third-order valence-corrected chi connectivity index (χ3v) is 5.81. The van der Waals surface area contributed by atoms with Crippen LogP contribution in [0, 0.1) is 0 Å². The maximum atomic E-state index is 13.3. The average Bonchev–Trinajstić information content (AvgIpc) is 3.16. The summed E-state index contributed by atoms with van der Waals surface area (Å²) in [5, 5.41) is 11.9. The number of para-hydroxylation sites is 1. The van der Waals surface area contributed by atoms with Crippen LogP contribution in [0.2, 0.25) is 0 Å². The van der Waals surface area contributed by atoms with E-state index in [2.05, 4.69) is 52.7 Å². The van der Waals surface area contributed by atoms with Gasteiger partial charge in [0.05, 0.1) is 12.2 Å². The number of likely N-dealkylation sites (N-methyl/N-ethyl adjacent to an activating group) is 1. The maximum Gasteiger partial charge on any atom is 0.276 e. The molecular formula is C20H28N6O. The number of nitrogens with zero attached hydrogens (tertiary/aromatic N) is 5.